The number of hydrogen-bond acceptors (Lipinski definition) is 4. The number of rotatable bonds is 3. The van der Waals surface area contributed by atoms with Gasteiger partial charge in [-0.3, -0.25) is 0 Å². The predicted octanol–water partition coefficient (Wildman–Crippen LogP) is 0.514. The second-order valence-electron chi connectivity index (χ2n) is 2.36. The van der Waals surface area contributed by atoms with E-state index in [1.54, 1.807) is 6.92 Å². The maximum absolute atomic E-state index is 10.4. The topological polar surface area (TPSA) is 81.2 Å². The third kappa shape index (κ3) is 2.67. The minimum absolute atomic E-state index is 0. The molecule has 0 radical (unpaired) electrons. The maximum Gasteiger partial charge on any atom is 0.434 e. The molecule has 74 valence electrons. The summed E-state index contributed by atoms with van der Waals surface area (Å²) < 4.78 is 1.31. The SMILES string of the molecule is Cc1cn(CCO)c([N+](=O)[O-])n1.Cl. The first-order chi connectivity index (χ1) is 5.65. The summed E-state index contributed by atoms with van der Waals surface area (Å²) in [5.41, 5.74) is 0.579. The molecule has 6 nitrogen and oxygen atoms in total. The van der Waals surface area contributed by atoms with Crippen LogP contribution in [0, 0.1) is 17.0 Å². The van der Waals surface area contributed by atoms with Crippen LogP contribution in [0.1, 0.15) is 5.69 Å². The van der Waals surface area contributed by atoms with Crippen LogP contribution >= 0.6 is 12.4 Å². The van der Waals surface area contributed by atoms with E-state index in [4.69, 9.17) is 5.11 Å². The standard InChI is InChI=1S/C6H9N3O3.ClH/c1-5-4-8(2-3-10)6(7-5)9(11)12;/h4,10H,2-3H2,1H3;1H. The number of nitro groups is 1. The van der Waals surface area contributed by atoms with Gasteiger partial charge in [-0.25, -0.2) is 4.57 Å². The normalized spacial score (nSPS) is 9.38. The van der Waals surface area contributed by atoms with Crippen molar-refractivity contribution in [1.29, 1.82) is 0 Å². The van der Waals surface area contributed by atoms with Crippen molar-refractivity contribution in [2.24, 2.45) is 0 Å². The van der Waals surface area contributed by atoms with Gasteiger partial charge in [0, 0.05) is 0 Å². The van der Waals surface area contributed by atoms with Crippen molar-refractivity contribution in [3.8, 4) is 0 Å². The van der Waals surface area contributed by atoms with Crippen molar-refractivity contribution >= 4 is 18.4 Å². The molecule has 1 N–H and O–H groups in total. The summed E-state index contributed by atoms with van der Waals surface area (Å²) in [7, 11) is 0. The zero-order valence-electron chi connectivity index (χ0n) is 7.01. The molecule has 1 heterocycles. The van der Waals surface area contributed by atoms with E-state index in [1.165, 1.54) is 10.8 Å². The van der Waals surface area contributed by atoms with E-state index >= 15 is 0 Å². The molecule has 1 aromatic heterocycles. The van der Waals surface area contributed by atoms with Crippen molar-refractivity contribution < 1.29 is 10.0 Å². The molecule has 13 heavy (non-hydrogen) atoms. The van der Waals surface area contributed by atoms with Crippen LogP contribution in [0.3, 0.4) is 0 Å². The smallest absolute Gasteiger partial charge is 0.393 e. The molecule has 0 aliphatic heterocycles. The molecule has 1 rings (SSSR count). The number of aromatic nitrogens is 2. The summed E-state index contributed by atoms with van der Waals surface area (Å²) in [4.78, 5) is 13.5. The molecule has 0 aliphatic carbocycles. The van der Waals surface area contributed by atoms with Crippen LogP contribution < -0.4 is 0 Å². The Morgan fingerprint density at radius 1 is 1.77 bits per heavy atom. The van der Waals surface area contributed by atoms with Gasteiger partial charge in [-0.2, -0.15) is 0 Å². The van der Waals surface area contributed by atoms with Gasteiger partial charge in [0.25, 0.3) is 0 Å². The lowest BCUT2D eigenvalue weighted by Crippen LogP contribution is -2.05. The highest BCUT2D eigenvalue weighted by Gasteiger charge is 2.15. The lowest BCUT2D eigenvalue weighted by Gasteiger charge is -1.96. The summed E-state index contributed by atoms with van der Waals surface area (Å²) in [6.45, 7) is 1.74. The monoisotopic (exact) mass is 207 g/mol. The first kappa shape index (κ1) is 11.9. The Bertz CT molecular complexity index is 299. The van der Waals surface area contributed by atoms with E-state index in [-0.39, 0.29) is 31.5 Å². The summed E-state index contributed by atoms with van der Waals surface area (Å²) in [5.74, 6) is -0.221. The van der Waals surface area contributed by atoms with E-state index in [1.807, 2.05) is 0 Å². The summed E-state index contributed by atoms with van der Waals surface area (Å²) >= 11 is 0. The fourth-order valence-electron chi connectivity index (χ4n) is 0.952. The number of aliphatic hydroxyl groups is 1. The van der Waals surface area contributed by atoms with Crippen molar-refractivity contribution in [2.45, 2.75) is 13.5 Å². The molecule has 1 aromatic rings. The molecule has 0 aromatic carbocycles. The molecule has 0 bridgehead atoms. The van der Waals surface area contributed by atoms with Crippen molar-refractivity contribution in [3.05, 3.63) is 22.0 Å². The highest BCUT2D eigenvalue weighted by molar-refractivity contribution is 5.85. The summed E-state index contributed by atoms with van der Waals surface area (Å²) in [6, 6.07) is 0. The molecule has 0 fully saturated rings. The van der Waals surface area contributed by atoms with E-state index in [9.17, 15) is 10.1 Å². The van der Waals surface area contributed by atoms with Gasteiger partial charge in [-0.15, -0.1) is 12.4 Å². The molecule has 0 saturated heterocycles. The minimum Gasteiger partial charge on any atom is -0.393 e. The van der Waals surface area contributed by atoms with E-state index < -0.39 is 4.92 Å². The van der Waals surface area contributed by atoms with Gasteiger partial charge < -0.3 is 15.2 Å². The first-order valence-corrected chi connectivity index (χ1v) is 3.44. The number of hydrogen-bond donors (Lipinski definition) is 1. The van der Waals surface area contributed by atoms with E-state index in [0.717, 1.165) is 0 Å². The van der Waals surface area contributed by atoms with Crippen molar-refractivity contribution in [2.75, 3.05) is 6.61 Å². The first-order valence-electron chi connectivity index (χ1n) is 3.44. The molecule has 0 saturated carbocycles. The number of imidazole rings is 1. The van der Waals surface area contributed by atoms with Gasteiger partial charge in [-0.1, -0.05) is 4.98 Å². The number of halogens is 1. The highest BCUT2D eigenvalue weighted by Crippen LogP contribution is 2.09. The Morgan fingerprint density at radius 3 is 2.85 bits per heavy atom. The zero-order valence-corrected chi connectivity index (χ0v) is 7.82. The highest BCUT2D eigenvalue weighted by atomic mass is 35.5. The summed E-state index contributed by atoms with van der Waals surface area (Å²) in [6.07, 6.45) is 1.54. The van der Waals surface area contributed by atoms with E-state index in [2.05, 4.69) is 4.98 Å². The molecule has 0 atom stereocenters. The second kappa shape index (κ2) is 4.78. The Labute approximate surface area is 80.8 Å². The van der Waals surface area contributed by atoms with Gasteiger partial charge in [0.1, 0.15) is 11.9 Å². The Hall–Kier alpha value is -1.14. The lowest BCUT2D eigenvalue weighted by molar-refractivity contribution is -0.396. The third-order valence-corrected chi connectivity index (χ3v) is 1.38. The van der Waals surface area contributed by atoms with Gasteiger partial charge >= 0.3 is 5.95 Å². The third-order valence-electron chi connectivity index (χ3n) is 1.38. The quantitative estimate of drug-likeness (QED) is 0.579. The Balaban J connectivity index is 0.00000144. The van der Waals surface area contributed by atoms with Gasteiger partial charge in [-0.05, 0) is 11.8 Å². The molecular formula is C6H10ClN3O3. The zero-order chi connectivity index (χ0) is 9.14. The largest absolute Gasteiger partial charge is 0.434 e. The van der Waals surface area contributed by atoms with Crippen LogP contribution in [0.4, 0.5) is 5.95 Å². The molecule has 7 heteroatoms. The van der Waals surface area contributed by atoms with Crippen LogP contribution in [0.5, 0.6) is 0 Å². The minimum atomic E-state index is -0.567. The Kier molecular flexibility index (Phi) is 4.36. The predicted molar refractivity (Wildman–Crippen MR) is 48.0 cm³/mol. The molecular weight excluding hydrogens is 198 g/mol. The fourth-order valence-corrected chi connectivity index (χ4v) is 0.952. The van der Waals surface area contributed by atoms with Crippen molar-refractivity contribution in [3.63, 3.8) is 0 Å². The summed E-state index contributed by atoms with van der Waals surface area (Å²) in [5, 5.41) is 18.9. The van der Waals surface area contributed by atoms with Crippen LogP contribution in [-0.2, 0) is 6.54 Å². The average molecular weight is 208 g/mol. The molecule has 0 unspecified atom stereocenters. The van der Waals surface area contributed by atoms with Crippen LogP contribution in [0.2, 0.25) is 0 Å². The van der Waals surface area contributed by atoms with Gasteiger partial charge in [0.05, 0.1) is 13.2 Å². The van der Waals surface area contributed by atoms with Crippen LogP contribution in [-0.4, -0.2) is 26.2 Å². The van der Waals surface area contributed by atoms with Crippen LogP contribution in [0.15, 0.2) is 6.20 Å². The average Bonchev–Trinajstić information content (AvgIpc) is 2.32. The molecule has 0 amide bonds. The number of aryl methyl sites for hydroxylation is 1. The molecule has 0 aliphatic rings. The van der Waals surface area contributed by atoms with Crippen LogP contribution in [0.25, 0.3) is 0 Å². The van der Waals surface area contributed by atoms with Gasteiger partial charge in [0.2, 0.25) is 0 Å². The number of aliphatic hydroxyl groups excluding tert-OH is 1. The van der Waals surface area contributed by atoms with E-state index in [0.29, 0.717) is 5.69 Å². The Morgan fingerprint density at radius 2 is 2.38 bits per heavy atom. The lowest BCUT2D eigenvalue weighted by atomic mass is 10.5. The van der Waals surface area contributed by atoms with Gasteiger partial charge in [0.15, 0.2) is 0 Å². The number of nitrogens with zero attached hydrogens (tertiary/aromatic N) is 3. The second-order valence-corrected chi connectivity index (χ2v) is 2.36. The molecule has 0 spiro atoms. The fraction of sp³-hybridized carbons (Fsp3) is 0.500. The maximum atomic E-state index is 10.4. The van der Waals surface area contributed by atoms with Crippen molar-refractivity contribution in [1.82, 2.24) is 9.55 Å².